The van der Waals surface area contributed by atoms with Crippen molar-refractivity contribution < 1.29 is 0 Å². The van der Waals surface area contributed by atoms with Crippen LogP contribution < -0.4 is 5.73 Å². The molecule has 2 N–H and O–H groups in total. The highest BCUT2D eigenvalue weighted by atomic mass is 14.6. The second-order valence-corrected chi connectivity index (χ2v) is 4.69. The van der Waals surface area contributed by atoms with Crippen LogP contribution in [0.15, 0.2) is 18.2 Å². The molecule has 1 saturated carbocycles. The highest BCUT2D eigenvalue weighted by molar-refractivity contribution is 5.59. The van der Waals surface area contributed by atoms with Crippen LogP contribution in [0.4, 0.5) is 5.69 Å². The third-order valence-corrected chi connectivity index (χ3v) is 3.75. The van der Waals surface area contributed by atoms with Crippen LogP contribution in [0.25, 0.3) is 0 Å². The molecule has 0 aromatic heterocycles. The van der Waals surface area contributed by atoms with E-state index in [9.17, 15) is 0 Å². The molecule has 3 rings (SSSR count). The number of nitrogen functional groups attached to an aromatic ring is 1. The van der Waals surface area contributed by atoms with Crippen LogP contribution in [0.5, 0.6) is 0 Å². The summed E-state index contributed by atoms with van der Waals surface area (Å²) < 4.78 is 0. The van der Waals surface area contributed by atoms with Gasteiger partial charge in [-0.3, -0.25) is 0 Å². The molecule has 1 spiro atoms. The lowest BCUT2D eigenvalue weighted by Crippen LogP contribution is -1.99. The first kappa shape index (κ1) is 7.43. The summed E-state index contributed by atoms with van der Waals surface area (Å²) in [6.45, 7) is 2.31. The van der Waals surface area contributed by atoms with Gasteiger partial charge in [-0.25, -0.2) is 0 Å². The molecule has 1 fully saturated rings. The van der Waals surface area contributed by atoms with Crippen molar-refractivity contribution in [3.05, 3.63) is 29.3 Å². The number of hydrogen-bond acceptors (Lipinski definition) is 1. The number of rotatable bonds is 0. The van der Waals surface area contributed by atoms with Crippen LogP contribution in [-0.2, 0) is 5.41 Å². The summed E-state index contributed by atoms with van der Waals surface area (Å²) in [5.41, 5.74) is 10.6. The molecule has 2 aliphatic carbocycles. The smallest absolute Gasteiger partial charge is 0.0352 e. The van der Waals surface area contributed by atoms with E-state index >= 15 is 0 Å². The van der Waals surface area contributed by atoms with Gasteiger partial charge in [-0.1, -0.05) is 19.1 Å². The molecule has 0 unspecified atom stereocenters. The lowest BCUT2D eigenvalue weighted by Gasteiger charge is -2.08. The van der Waals surface area contributed by atoms with Gasteiger partial charge in [0.1, 0.15) is 0 Å². The van der Waals surface area contributed by atoms with E-state index in [0.29, 0.717) is 11.3 Å². The number of benzene rings is 1. The number of anilines is 1. The van der Waals surface area contributed by atoms with Gasteiger partial charge in [0, 0.05) is 5.69 Å². The fourth-order valence-corrected chi connectivity index (χ4v) is 3.02. The number of hydrogen-bond donors (Lipinski definition) is 1. The van der Waals surface area contributed by atoms with Crippen LogP contribution in [0.2, 0.25) is 0 Å². The summed E-state index contributed by atoms with van der Waals surface area (Å²) in [4.78, 5) is 0. The number of nitrogens with two attached hydrogens (primary N) is 1. The Hall–Kier alpha value is -0.980. The summed E-state index contributed by atoms with van der Waals surface area (Å²) in [6.07, 6.45) is 4.10. The standard InChI is InChI=1S/C12H15N/c1-8-7-12(5-6-12)9-3-2-4-10(13)11(8)9/h2-4,8H,5-7,13H2,1H3/t8-/m0/s1. The average Bonchev–Trinajstić information content (AvgIpc) is 2.78. The normalized spacial score (nSPS) is 27.6. The molecule has 0 heterocycles. The quantitative estimate of drug-likeness (QED) is 0.600. The lowest BCUT2D eigenvalue weighted by atomic mass is 9.98. The lowest BCUT2D eigenvalue weighted by molar-refractivity contribution is 0.614. The van der Waals surface area contributed by atoms with Crippen molar-refractivity contribution in [1.29, 1.82) is 0 Å². The fourth-order valence-electron chi connectivity index (χ4n) is 3.02. The van der Waals surface area contributed by atoms with Gasteiger partial charge < -0.3 is 5.73 Å². The van der Waals surface area contributed by atoms with Gasteiger partial charge in [-0.2, -0.15) is 0 Å². The van der Waals surface area contributed by atoms with Crippen LogP contribution in [0, 0.1) is 0 Å². The molecule has 68 valence electrons. The Bertz CT molecular complexity index is 363. The minimum atomic E-state index is 0.560. The summed E-state index contributed by atoms with van der Waals surface area (Å²) in [5.74, 6) is 0.679. The maximum Gasteiger partial charge on any atom is 0.0352 e. The van der Waals surface area contributed by atoms with E-state index in [4.69, 9.17) is 5.73 Å². The zero-order valence-electron chi connectivity index (χ0n) is 8.01. The van der Waals surface area contributed by atoms with Crippen molar-refractivity contribution in [2.75, 3.05) is 5.73 Å². The van der Waals surface area contributed by atoms with E-state index in [0.717, 1.165) is 5.69 Å². The molecule has 2 aliphatic rings. The zero-order chi connectivity index (χ0) is 9.05. The Kier molecular flexibility index (Phi) is 1.19. The van der Waals surface area contributed by atoms with Gasteiger partial charge in [-0.15, -0.1) is 0 Å². The Morgan fingerprint density at radius 1 is 1.38 bits per heavy atom. The van der Waals surface area contributed by atoms with Crippen LogP contribution in [0.1, 0.15) is 43.2 Å². The predicted molar refractivity (Wildman–Crippen MR) is 54.8 cm³/mol. The molecule has 0 bridgehead atoms. The molecule has 1 nitrogen and oxygen atoms in total. The molecule has 1 aromatic rings. The van der Waals surface area contributed by atoms with Crippen LogP contribution >= 0.6 is 0 Å². The van der Waals surface area contributed by atoms with E-state index < -0.39 is 0 Å². The molecule has 13 heavy (non-hydrogen) atoms. The second-order valence-electron chi connectivity index (χ2n) is 4.69. The predicted octanol–water partition coefficient (Wildman–Crippen LogP) is 2.81. The van der Waals surface area contributed by atoms with Gasteiger partial charge in [-0.05, 0) is 47.8 Å². The van der Waals surface area contributed by atoms with Crippen molar-refractivity contribution in [3.63, 3.8) is 0 Å². The highest BCUT2D eigenvalue weighted by Gasteiger charge is 2.51. The SMILES string of the molecule is C[C@H]1CC2(CC2)c2cccc(N)c21. The minimum absolute atomic E-state index is 0.560. The first-order chi connectivity index (χ1) is 6.23. The molecule has 0 aliphatic heterocycles. The Balaban J connectivity index is 2.25. The van der Waals surface area contributed by atoms with Crippen molar-refractivity contribution in [2.45, 2.75) is 37.5 Å². The van der Waals surface area contributed by atoms with Gasteiger partial charge in [0.25, 0.3) is 0 Å². The van der Waals surface area contributed by atoms with E-state index in [1.54, 1.807) is 5.56 Å². The van der Waals surface area contributed by atoms with E-state index in [1.165, 1.54) is 24.8 Å². The first-order valence-electron chi connectivity index (χ1n) is 5.12. The highest BCUT2D eigenvalue weighted by Crippen LogP contribution is 2.61. The fraction of sp³-hybridized carbons (Fsp3) is 0.500. The summed E-state index contributed by atoms with van der Waals surface area (Å²) in [7, 11) is 0. The second kappa shape index (κ2) is 2.09. The summed E-state index contributed by atoms with van der Waals surface area (Å²) in [6, 6.07) is 6.42. The molecular weight excluding hydrogens is 158 g/mol. The topological polar surface area (TPSA) is 26.0 Å². The molecule has 0 radical (unpaired) electrons. The van der Waals surface area contributed by atoms with E-state index in [2.05, 4.69) is 19.1 Å². The molecule has 0 saturated heterocycles. The third kappa shape index (κ3) is 0.822. The molecule has 1 atom stereocenters. The van der Waals surface area contributed by atoms with E-state index in [-0.39, 0.29) is 0 Å². The monoisotopic (exact) mass is 173 g/mol. The van der Waals surface area contributed by atoms with Crippen LogP contribution in [-0.4, -0.2) is 0 Å². The van der Waals surface area contributed by atoms with Gasteiger partial charge in [0.05, 0.1) is 0 Å². The largest absolute Gasteiger partial charge is 0.398 e. The minimum Gasteiger partial charge on any atom is -0.398 e. The molecular formula is C12H15N. The summed E-state index contributed by atoms with van der Waals surface area (Å²) >= 11 is 0. The van der Waals surface area contributed by atoms with Gasteiger partial charge >= 0.3 is 0 Å². The van der Waals surface area contributed by atoms with Crippen molar-refractivity contribution in [2.24, 2.45) is 0 Å². The van der Waals surface area contributed by atoms with Crippen molar-refractivity contribution in [1.82, 2.24) is 0 Å². The molecule has 1 heteroatoms. The first-order valence-corrected chi connectivity index (χ1v) is 5.12. The average molecular weight is 173 g/mol. The number of fused-ring (bicyclic) bond motifs is 2. The van der Waals surface area contributed by atoms with Crippen molar-refractivity contribution >= 4 is 5.69 Å². The Morgan fingerprint density at radius 3 is 2.85 bits per heavy atom. The molecule has 1 aromatic carbocycles. The third-order valence-electron chi connectivity index (χ3n) is 3.75. The maximum absolute atomic E-state index is 6.01. The Morgan fingerprint density at radius 2 is 2.15 bits per heavy atom. The van der Waals surface area contributed by atoms with E-state index in [1.807, 2.05) is 6.07 Å². The summed E-state index contributed by atoms with van der Waals surface area (Å²) in [5, 5.41) is 0. The van der Waals surface area contributed by atoms with Crippen LogP contribution in [0.3, 0.4) is 0 Å². The molecule has 0 amide bonds. The van der Waals surface area contributed by atoms with Gasteiger partial charge in [0.15, 0.2) is 0 Å². The van der Waals surface area contributed by atoms with Gasteiger partial charge in [0.2, 0.25) is 0 Å². The maximum atomic E-state index is 6.01. The van der Waals surface area contributed by atoms with Crippen molar-refractivity contribution in [3.8, 4) is 0 Å². The zero-order valence-corrected chi connectivity index (χ0v) is 8.01. The Labute approximate surface area is 78.9 Å².